The number of hydrogen-bond acceptors (Lipinski definition) is 3. The van der Waals surface area contributed by atoms with Gasteiger partial charge in [0.15, 0.2) is 5.96 Å². The number of aliphatic imine (C=N–C) groups is 1. The fourth-order valence-corrected chi connectivity index (χ4v) is 3.50. The van der Waals surface area contributed by atoms with Crippen molar-refractivity contribution in [2.45, 2.75) is 71.5 Å². The first kappa shape index (κ1) is 23.2. The Balaban J connectivity index is 1.82. The van der Waals surface area contributed by atoms with E-state index in [0.717, 1.165) is 24.5 Å². The summed E-state index contributed by atoms with van der Waals surface area (Å²) in [5, 5.41) is 9.83. The Hall–Kier alpha value is -2.08. The highest BCUT2D eigenvalue weighted by Crippen LogP contribution is 2.19. The summed E-state index contributed by atoms with van der Waals surface area (Å²) in [7, 11) is 1.80. The van der Waals surface area contributed by atoms with E-state index >= 15 is 0 Å². The van der Waals surface area contributed by atoms with Gasteiger partial charge in [0, 0.05) is 37.3 Å². The van der Waals surface area contributed by atoms with E-state index in [9.17, 15) is 4.79 Å². The maximum Gasteiger partial charge on any atom is 0.251 e. The van der Waals surface area contributed by atoms with Gasteiger partial charge in [-0.3, -0.25) is 14.7 Å². The maximum atomic E-state index is 12.2. The Morgan fingerprint density at radius 1 is 1.14 bits per heavy atom. The molecule has 1 fully saturated rings. The molecule has 3 N–H and O–H groups in total. The molecule has 6 heteroatoms. The predicted molar refractivity (Wildman–Crippen MR) is 121 cm³/mol. The van der Waals surface area contributed by atoms with Crippen LogP contribution in [0.2, 0.25) is 0 Å². The van der Waals surface area contributed by atoms with Gasteiger partial charge < -0.3 is 16.0 Å². The molecule has 0 aromatic heterocycles. The van der Waals surface area contributed by atoms with Gasteiger partial charge in [0.25, 0.3) is 5.91 Å². The molecule has 0 aliphatic carbocycles. The quantitative estimate of drug-likeness (QED) is 0.462. The van der Waals surface area contributed by atoms with E-state index in [4.69, 9.17) is 0 Å². The van der Waals surface area contributed by atoms with E-state index in [1.807, 2.05) is 31.2 Å². The van der Waals surface area contributed by atoms with Gasteiger partial charge in [-0.05, 0) is 70.8 Å². The highest BCUT2D eigenvalue weighted by atomic mass is 16.1. The molecule has 1 aliphatic rings. The molecule has 1 amide bonds. The van der Waals surface area contributed by atoms with Crippen LogP contribution in [-0.4, -0.2) is 55.0 Å². The highest BCUT2D eigenvalue weighted by molar-refractivity contribution is 5.94. The second kappa shape index (κ2) is 11.2. The summed E-state index contributed by atoms with van der Waals surface area (Å²) in [6.07, 6.45) is 4.86. The number of hydrogen-bond donors (Lipinski definition) is 3. The maximum absolute atomic E-state index is 12.2. The number of carbonyl (C=O) groups is 1. The van der Waals surface area contributed by atoms with Crippen LogP contribution in [0.15, 0.2) is 29.3 Å². The van der Waals surface area contributed by atoms with Crippen LogP contribution >= 0.6 is 0 Å². The van der Waals surface area contributed by atoms with Crippen LogP contribution in [0.5, 0.6) is 0 Å². The summed E-state index contributed by atoms with van der Waals surface area (Å²) in [5.74, 6) is 0.782. The summed E-state index contributed by atoms with van der Waals surface area (Å²) in [6, 6.07) is 7.93. The molecular formula is C23H39N5O. The van der Waals surface area contributed by atoms with Gasteiger partial charge in [0.1, 0.15) is 0 Å². The van der Waals surface area contributed by atoms with Gasteiger partial charge >= 0.3 is 0 Å². The third-order valence-corrected chi connectivity index (χ3v) is 5.79. The zero-order valence-corrected chi connectivity index (χ0v) is 18.8. The van der Waals surface area contributed by atoms with E-state index in [-0.39, 0.29) is 17.5 Å². The van der Waals surface area contributed by atoms with Crippen molar-refractivity contribution in [3.63, 3.8) is 0 Å². The van der Waals surface area contributed by atoms with Gasteiger partial charge in [-0.2, -0.15) is 0 Å². The lowest BCUT2D eigenvalue weighted by atomic mass is 9.98. The van der Waals surface area contributed by atoms with Gasteiger partial charge in [-0.1, -0.05) is 25.5 Å². The molecule has 29 heavy (non-hydrogen) atoms. The Kier molecular flexibility index (Phi) is 8.96. The van der Waals surface area contributed by atoms with Gasteiger partial charge in [-0.25, -0.2) is 0 Å². The zero-order chi connectivity index (χ0) is 21.3. The fourth-order valence-electron chi connectivity index (χ4n) is 3.50. The number of carbonyl (C=O) groups excluding carboxylic acids is 1. The first-order valence-electron chi connectivity index (χ1n) is 10.9. The fraction of sp³-hybridized carbons (Fsp3) is 0.652. The molecule has 0 radical (unpaired) electrons. The Morgan fingerprint density at radius 2 is 1.79 bits per heavy atom. The minimum atomic E-state index is -0.0173. The monoisotopic (exact) mass is 401 g/mol. The van der Waals surface area contributed by atoms with Crippen molar-refractivity contribution in [2.24, 2.45) is 4.99 Å². The van der Waals surface area contributed by atoms with Crippen molar-refractivity contribution in [3.05, 3.63) is 35.4 Å². The Morgan fingerprint density at radius 3 is 2.38 bits per heavy atom. The summed E-state index contributed by atoms with van der Waals surface area (Å²) < 4.78 is 0. The average Bonchev–Trinajstić information content (AvgIpc) is 2.74. The third-order valence-electron chi connectivity index (χ3n) is 5.79. The SMILES string of the molecule is CCC(C)NC(=O)c1ccc(CNC(=NC)NCC(C)(C)N2CCCCC2)cc1. The Bertz CT molecular complexity index is 662. The molecule has 0 bridgehead atoms. The van der Waals surface area contributed by atoms with Crippen LogP contribution < -0.4 is 16.0 Å². The standard InChI is InChI=1S/C23H39N5O/c1-6-18(2)27-21(29)20-12-10-19(11-13-20)16-25-22(24-5)26-17-23(3,4)28-14-8-7-9-15-28/h10-13,18H,6-9,14-17H2,1-5H3,(H,27,29)(H2,24,25,26). The molecule has 162 valence electrons. The average molecular weight is 402 g/mol. The largest absolute Gasteiger partial charge is 0.355 e. The Labute approximate surface area is 176 Å². The lowest BCUT2D eigenvalue weighted by Gasteiger charge is -2.41. The second-order valence-electron chi connectivity index (χ2n) is 8.62. The van der Waals surface area contributed by atoms with Gasteiger partial charge in [0.2, 0.25) is 0 Å². The van der Waals surface area contributed by atoms with E-state index in [0.29, 0.717) is 12.1 Å². The number of nitrogens with zero attached hydrogens (tertiary/aromatic N) is 2. The number of likely N-dealkylation sites (tertiary alicyclic amines) is 1. The molecule has 1 atom stereocenters. The summed E-state index contributed by atoms with van der Waals surface area (Å²) >= 11 is 0. The molecule has 2 rings (SSSR count). The molecule has 6 nitrogen and oxygen atoms in total. The molecule has 1 heterocycles. The third kappa shape index (κ3) is 7.35. The van der Waals surface area contributed by atoms with Crippen molar-refractivity contribution in [3.8, 4) is 0 Å². The van der Waals surface area contributed by atoms with Crippen LogP contribution in [0.1, 0.15) is 69.3 Å². The molecule has 1 aromatic rings. The van der Waals surface area contributed by atoms with E-state index in [2.05, 4.69) is 46.6 Å². The normalized spacial score (nSPS) is 16.9. The van der Waals surface area contributed by atoms with Gasteiger partial charge in [-0.15, -0.1) is 0 Å². The van der Waals surface area contributed by atoms with Crippen LogP contribution in [0.3, 0.4) is 0 Å². The molecular weight excluding hydrogens is 362 g/mol. The van der Waals surface area contributed by atoms with E-state index in [1.165, 1.54) is 32.4 Å². The number of benzene rings is 1. The molecule has 1 aliphatic heterocycles. The summed E-state index contributed by atoms with van der Waals surface area (Å²) in [5.41, 5.74) is 1.91. The first-order chi connectivity index (χ1) is 13.9. The van der Waals surface area contributed by atoms with E-state index < -0.39 is 0 Å². The number of amides is 1. The zero-order valence-electron chi connectivity index (χ0n) is 18.8. The first-order valence-corrected chi connectivity index (χ1v) is 10.9. The summed E-state index contributed by atoms with van der Waals surface area (Å²) in [4.78, 5) is 19.1. The predicted octanol–water partition coefficient (Wildman–Crippen LogP) is 3.14. The van der Waals surface area contributed by atoms with Crippen LogP contribution in [0.25, 0.3) is 0 Å². The van der Waals surface area contributed by atoms with Crippen molar-refractivity contribution in [1.29, 1.82) is 0 Å². The topological polar surface area (TPSA) is 68.8 Å². The lowest BCUT2D eigenvalue weighted by Crippen LogP contribution is -2.54. The highest BCUT2D eigenvalue weighted by Gasteiger charge is 2.27. The second-order valence-corrected chi connectivity index (χ2v) is 8.62. The van der Waals surface area contributed by atoms with Crippen molar-refractivity contribution in [2.75, 3.05) is 26.7 Å². The van der Waals surface area contributed by atoms with Crippen LogP contribution in [0.4, 0.5) is 0 Å². The molecule has 0 saturated carbocycles. The molecule has 0 spiro atoms. The van der Waals surface area contributed by atoms with Crippen LogP contribution in [0, 0.1) is 0 Å². The number of rotatable bonds is 8. The van der Waals surface area contributed by atoms with Gasteiger partial charge in [0.05, 0.1) is 0 Å². The molecule has 1 saturated heterocycles. The minimum absolute atomic E-state index is 0.0173. The van der Waals surface area contributed by atoms with Crippen molar-refractivity contribution >= 4 is 11.9 Å². The van der Waals surface area contributed by atoms with Crippen LogP contribution in [-0.2, 0) is 6.54 Å². The van der Waals surface area contributed by atoms with E-state index in [1.54, 1.807) is 7.05 Å². The number of nitrogens with one attached hydrogen (secondary N) is 3. The summed E-state index contributed by atoms with van der Waals surface area (Å²) in [6.45, 7) is 12.5. The lowest BCUT2D eigenvalue weighted by molar-refractivity contribution is 0.0939. The minimum Gasteiger partial charge on any atom is -0.355 e. The number of piperidine rings is 1. The van der Waals surface area contributed by atoms with Crippen molar-refractivity contribution in [1.82, 2.24) is 20.9 Å². The number of guanidine groups is 1. The molecule has 1 aromatic carbocycles. The smallest absolute Gasteiger partial charge is 0.251 e. The molecule has 1 unspecified atom stereocenters. The van der Waals surface area contributed by atoms with Crippen molar-refractivity contribution < 1.29 is 4.79 Å².